The SMILES string of the molecule is COc1cccc(CNC(=O)c2ccc3c(=O)n4nc(Nc5ccccc5)sc4nc3c2)c1. The van der Waals surface area contributed by atoms with E-state index >= 15 is 0 Å². The summed E-state index contributed by atoms with van der Waals surface area (Å²) in [7, 11) is 1.60. The first-order valence-electron chi connectivity index (χ1n) is 10.2. The van der Waals surface area contributed by atoms with Crippen molar-refractivity contribution in [1.29, 1.82) is 0 Å². The van der Waals surface area contributed by atoms with E-state index in [2.05, 4.69) is 20.7 Å². The highest BCUT2D eigenvalue weighted by Gasteiger charge is 2.14. The number of ether oxygens (including phenoxy) is 1. The molecule has 0 aliphatic carbocycles. The Morgan fingerprint density at radius 1 is 1.06 bits per heavy atom. The van der Waals surface area contributed by atoms with Gasteiger partial charge in [0, 0.05) is 17.8 Å². The fourth-order valence-electron chi connectivity index (χ4n) is 3.41. The van der Waals surface area contributed by atoms with Gasteiger partial charge in [0.05, 0.1) is 18.0 Å². The Balaban J connectivity index is 1.41. The van der Waals surface area contributed by atoms with E-state index in [0.717, 1.165) is 17.0 Å². The van der Waals surface area contributed by atoms with Crippen molar-refractivity contribution >= 4 is 43.9 Å². The molecule has 0 atom stereocenters. The number of hydrogen-bond donors (Lipinski definition) is 2. The number of benzene rings is 3. The van der Waals surface area contributed by atoms with Gasteiger partial charge in [-0.15, -0.1) is 5.10 Å². The average molecular weight is 458 g/mol. The number of methoxy groups -OCH3 is 1. The van der Waals surface area contributed by atoms with Gasteiger partial charge in [0.2, 0.25) is 10.1 Å². The Labute approximate surface area is 192 Å². The van der Waals surface area contributed by atoms with Crippen LogP contribution in [-0.2, 0) is 6.54 Å². The van der Waals surface area contributed by atoms with Crippen LogP contribution in [0.3, 0.4) is 0 Å². The summed E-state index contributed by atoms with van der Waals surface area (Å²) in [5.74, 6) is 0.476. The Morgan fingerprint density at radius 3 is 2.73 bits per heavy atom. The quantitative estimate of drug-likeness (QED) is 0.400. The van der Waals surface area contributed by atoms with Gasteiger partial charge in [0.15, 0.2) is 0 Å². The summed E-state index contributed by atoms with van der Waals surface area (Å²) in [5, 5.41) is 11.4. The van der Waals surface area contributed by atoms with Crippen LogP contribution in [0.5, 0.6) is 5.75 Å². The van der Waals surface area contributed by atoms with Crippen LogP contribution < -0.4 is 20.9 Å². The minimum atomic E-state index is -0.282. The van der Waals surface area contributed by atoms with Crippen LogP contribution in [0.15, 0.2) is 77.6 Å². The molecular formula is C24H19N5O3S. The number of nitrogens with one attached hydrogen (secondary N) is 2. The molecule has 0 unspecified atom stereocenters. The molecular weight excluding hydrogens is 438 g/mol. The van der Waals surface area contributed by atoms with Crippen LogP contribution in [0, 0.1) is 0 Å². The fourth-order valence-corrected chi connectivity index (χ4v) is 4.23. The zero-order valence-corrected chi connectivity index (χ0v) is 18.4. The van der Waals surface area contributed by atoms with Gasteiger partial charge in [-0.25, -0.2) is 4.98 Å². The maximum atomic E-state index is 12.9. The number of nitrogens with zero attached hydrogens (tertiary/aromatic N) is 3. The van der Waals surface area contributed by atoms with Gasteiger partial charge >= 0.3 is 0 Å². The van der Waals surface area contributed by atoms with Crippen molar-refractivity contribution in [3.8, 4) is 5.75 Å². The molecule has 3 aromatic carbocycles. The lowest BCUT2D eigenvalue weighted by Crippen LogP contribution is -2.23. The van der Waals surface area contributed by atoms with Crippen LogP contribution >= 0.6 is 11.3 Å². The molecule has 2 heterocycles. The Bertz CT molecular complexity index is 1530. The molecule has 2 aromatic heterocycles. The maximum Gasteiger partial charge on any atom is 0.283 e. The van der Waals surface area contributed by atoms with E-state index in [9.17, 15) is 9.59 Å². The van der Waals surface area contributed by atoms with E-state index in [1.54, 1.807) is 25.3 Å². The predicted octanol–water partition coefficient (Wildman–Crippen LogP) is 3.99. The number of fused-ring (bicyclic) bond motifs is 2. The predicted molar refractivity (Wildman–Crippen MR) is 129 cm³/mol. The number of hydrogen-bond acceptors (Lipinski definition) is 7. The normalized spacial score (nSPS) is 10.9. The molecule has 0 fully saturated rings. The van der Waals surface area contributed by atoms with Crippen LogP contribution in [0.1, 0.15) is 15.9 Å². The number of anilines is 2. The standard InChI is InChI=1S/C24H19N5O3S/c1-32-18-9-5-6-15(12-18)14-25-21(30)16-10-11-19-20(13-16)27-24-29(22(19)31)28-23(33-24)26-17-7-3-2-4-8-17/h2-13H,14H2,1H3,(H,25,30)(H,26,28). The van der Waals surface area contributed by atoms with Crippen molar-refractivity contribution in [2.24, 2.45) is 0 Å². The summed E-state index contributed by atoms with van der Waals surface area (Å²) >= 11 is 1.26. The second-order valence-corrected chi connectivity index (χ2v) is 8.23. The lowest BCUT2D eigenvalue weighted by molar-refractivity contribution is 0.0951. The van der Waals surface area contributed by atoms with E-state index in [-0.39, 0.29) is 11.5 Å². The Morgan fingerprint density at radius 2 is 1.91 bits per heavy atom. The molecule has 0 spiro atoms. The lowest BCUT2D eigenvalue weighted by atomic mass is 10.1. The molecule has 0 aliphatic rings. The van der Waals surface area contributed by atoms with Crippen LogP contribution in [-0.4, -0.2) is 27.6 Å². The molecule has 8 nitrogen and oxygen atoms in total. The maximum absolute atomic E-state index is 12.9. The summed E-state index contributed by atoms with van der Waals surface area (Å²) in [5.41, 5.74) is 2.38. The monoisotopic (exact) mass is 457 g/mol. The van der Waals surface area contributed by atoms with E-state index < -0.39 is 0 Å². The third kappa shape index (κ3) is 4.26. The Hall–Kier alpha value is -4.24. The molecule has 9 heteroatoms. The molecule has 0 radical (unpaired) electrons. The molecule has 33 heavy (non-hydrogen) atoms. The zero-order chi connectivity index (χ0) is 22.8. The summed E-state index contributed by atoms with van der Waals surface area (Å²) in [6.07, 6.45) is 0. The summed E-state index contributed by atoms with van der Waals surface area (Å²) in [4.78, 5) is 30.6. The van der Waals surface area contributed by atoms with Crippen molar-refractivity contribution in [2.75, 3.05) is 12.4 Å². The second-order valence-electron chi connectivity index (χ2n) is 7.28. The molecule has 0 aliphatic heterocycles. The van der Waals surface area contributed by atoms with Gasteiger partial charge < -0.3 is 15.4 Å². The largest absolute Gasteiger partial charge is 0.497 e. The number of rotatable bonds is 6. The first-order chi connectivity index (χ1) is 16.1. The van der Waals surface area contributed by atoms with E-state index in [1.807, 2.05) is 54.6 Å². The average Bonchev–Trinajstić information content (AvgIpc) is 3.25. The number of aromatic nitrogens is 3. The van der Waals surface area contributed by atoms with Crippen molar-refractivity contribution in [3.05, 3.63) is 94.3 Å². The second kappa shape index (κ2) is 8.71. The molecule has 5 aromatic rings. The van der Waals surface area contributed by atoms with Crippen molar-refractivity contribution in [2.45, 2.75) is 6.54 Å². The lowest BCUT2D eigenvalue weighted by Gasteiger charge is -2.07. The van der Waals surface area contributed by atoms with Crippen LogP contribution in [0.2, 0.25) is 0 Å². The first-order valence-corrected chi connectivity index (χ1v) is 11.0. The third-order valence-corrected chi connectivity index (χ3v) is 5.89. The van der Waals surface area contributed by atoms with E-state index in [0.29, 0.717) is 33.1 Å². The van der Waals surface area contributed by atoms with Gasteiger partial charge in [-0.05, 0) is 48.0 Å². The summed E-state index contributed by atoms with van der Waals surface area (Å²) in [6, 6.07) is 21.9. The smallest absolute Gasteiger partial charge is 0.283 e. The van der Waals surface area contributed by atoms with Gasteiger partial charge in [-0.3, -0.25) is 9.59 Å². The highest BCUT2D eigenvalue weighted by atomic mass is 32.1. The minimum Gasteiger partial charge on any atom is -0.497 e. The van der Waals surface area contributed by atoms with Crippen molar-refractivity contribution < 1.29 is 9.53 Å². The third-order valence-electron chi connectivity index (χ3n) is 5.07. The van der Waals surface area contributed by atoms with Crippen LogP contribution in [0.4, 0.5) is 10.8 Å². The Kier molecular flexibility index (Phi) is 5.45. The number of carbonyl (C=O) groups is 1. The molecule has 1 amide bonds. The van der Waals surface area contributed by atoms with Gasteiger partial charge in [0.25, 0.3) is 11.5 Å². The van der Waals surface area contributed by atoms with E-state index in [4.69, 9.17) is 4.74 Å². The highest BCUT2D eigenvalue weighted by Crippen LogP contribution is 2.23. The van der Waals surface area contributed by atoms with Crippen molar-refractivity contribution in [1.82, 2.24) is 19.9 Å². The highest BCUT2D eigenvalue weighted by molar-refractivity contribution is 7.20. The molecule has 0 saturated carbocycles. The first kappa shape index (κ1) is 20.7. The van der Waals surface area contributed by atoms with Crippen molar-refractivity contribution in [3.63, 3.8) is 0 Å². The number of carbonyl (C=O) groups excluding carboxylic acids is 1. The minimum absolute atomic E-state index is 0.252. The summed E-state index contributed by atoms with van der Waals surface area (Å²) in [6.45, 7) is 0.354. The van der Waals surface area contributed by atoms with Gasteiger partial charge in [-0.1, -0.05) is 41.7 Å². The van der Waals surface area contributed by atoms with E-state index in [1.165, 1.54) is 15.9 Å². The molecule has 5 rings (SSSR count). The van der Waals surface area contributed by atoms with Crippen LogP contribution in [0.25, 0.3) is 15.9 Å². The van der Waals surface area contributed by atoms with Gasteiger partial charge in [-0.2, -0.15) is 4.52 Å². The summed E-state index contributed by atoms with van der Waals surface area (Å²) < 4.78 is 6.49. The number of amides is 1. The zero-order valence-electron chi connectivity index (χ0n) is 17.6. The topological polar surface area (TPSA) is 97.6 Å². The fraction of sp³-hybridized carbons (Fsp3) is 0.0833. The molecule has 0 saturated heterocycles. The van der Waals surface area contributed by atoms with Gasteiger partial charge in [0.1, 0.15) is 5.75 Å². The molecule has 2 N–H and O–H groups in total. The number of para-hydroxylation sites is 1. The molecule has 0 bridgehead atoms. The molecule has 164 valence electrons.